The molecule has 1 unspecified atom stereocenters. The summed E-state index contributed by atoms with van der Waals surface area (Å²) in [5, 5.41) is 2.91. The fraction of sp³-hybridized carbons (Fsp3) is 0.333. The zero-order chi connectivity index (χ0) is 20.1. The summed E-state index contributed by atoms with van der Waals surface area (Å²) >= 11 is 1.55. The number of aromatic nitrogens is 2. The highest BCUT2D eigenvalue weighted by Crippen LogP contribution is 2.50. The molecule has 1 atom stereocenters. The van der Waals surface area contributed by atoms with Crippen LogP contribution < -0.4 is 0 Å². The highest BCUT2D eigenvalue weighted by atomic mass is 32.2. The molecule has 8 heteroatoms. The molecule has 3 aromatic rings. The van der Waals surface area contributed by atoms with Crippen molar-refractivity contribution in [3.05, 3.63) is 76.0 Å². The lowest BCUT2D eigenvalue weighted by molar-refractivity contribution is 0.183. The molecule has 0 N–H and O–H groups in total. The van der Waals surface area contributed by atoms with E-state index in [1.165, 1.54) is 0 Å². The van der Waals surface area contributed by atoms with Crippen molar-refractivity contribution in [1.82, 2.24) is 19.2 Å². The molecule has 1 aromatic carbocycles. The van der Waals surface area contributed by atoms with E-state index in [4.69, 9.17) is 0 Å². The van der Waals surface area contributed by atoms with Crippen LogP contribution in [0.1, 0.15) is 28.4 Å². The average Bonchev–Trinajstić information content (AvgIpc) is 3.37. The molecule has 2 aliphatic rings. The van der Waals surface area contributed by atoms with Gasteiger partial charge >= 0.3 is 0 Å². The van der Waals surface area contributed by atoms with Gasteiger partial charge in [0.05, 0.1) is 33.4 Å². The van der Waals surface area contributed by atoms with Crippen molar-refractivity contribution in [2.45, 2.75) is 36.9 Å². The van der Waals surface area contributed by atoms with Crippen LogP contribution in [-0.4, -0.2) is 40.7 Å². The van der Waals surface area contributed by atoms with Crippen molar-refractivity contribution in [1.29, 1.82) is 0 Å². The van der Waals surface area contributed by atoms with E-state index in [1.807, 2.05) is 42.6 Å². The number of fused-ring (bicyclic) bond motifs is 2. The first kappa shape index (κ1) is 18.9. The van der Waals surface area contributed by atoms with Crippen molar-refractivity contribution >= 4 is 21.4 Å². The minimum absolute atomic E-state index is 0.304. The quantitative estimate of drug-likeness (QED) is 0.641. The van der Waals surface area contributed by atoms with Crippen molar-refractivity contribution < 1.29 is 8.42 Å². The smallest absolute Gasteiger partial charge is 0.244 e. The Hall–Kier alpha value is -2.13. The highest BCUT2D eigenvalue weighted by molar-refractivity contribution is 7.89. The van der Waals surface area contributed by atoms with Crippen LogP contribution in [0.15, 0.2) is 58.9 Å². The van der Waals surface area contributed by atoms with E-state index in [0.717, 1.165) is 34.9 Å². The summed E-state index contributed by atoms with van der Waals surface area (Å²) < 4.78 is 28.7. The molecule has 1 spiro atoms. The number of aryl methyl sites for hydroxylation is 1. The predicted octanol–water partition coefficient (Wildman–Crippen LogP) is 3.15. The first-order valence-electron chi connectivity index (χ1n) is 9.65. The summed E-state index contributed by atoms with van der Waals surface area (Å²) in [6, 6.07) is 13.4. The number of nitrogens with zero attached hydrogens (tertiary/aromatic N) is 4. The minimum Gasteiger partial charge on any atom is -0.295 e. The number of sulfonamides is 1. The summed E-state index contributed by atoms with van der Waals surface area (Å²) in [4.78, 5) is 11.7. The summed E-state index contributed by atoms with van der Waals surface area (Å²) in [7, 11) is -3.57. The van der Waals surface area contributed by atoms with E-state index in [-0.39, 0.29) is 0 Å². The second kappa shape index (κ2) is 6.98. The third-order valence-electron chi connectivity index (χ3n) is 5.84. The topological polar surface area (TPSA) is 66.4 Å². The Morgan fingerprint density at radius 3 is 2.69 bits per heavy atom. The lowest BCUT2D eigenvalue weighted by Crippen LogP contribution is -2.45. The van der Waals surface area contributed by atoms with Gasteiger partial charge in [-0.15, -0.1) is 11.3 Å². The van der Waals surface area contributed by atoms with Crippen LogP contribution in [0.5, 0.6) is 0 Å². The molecule has 1 saturated heterocycles. The van der Waals surface area contributed by atoms with E-state index in [0.29, 0.717) is 24.5 Å². The van der Waals surface area contributed by atoms with Gasteiger partial charge in [0.2, 0.25) is 10.0 Å². The largest absolute Gasteiger partial charge is 0.295 e. The zero-order valence-corrected chi connectivity index (χ0v) is 17.8. The summed E-state index contributed by atoms with van der Waals surface area (Å²) in [6.45, 7) is 4.45. The molecule has 0 saturated carbocycles. The molecule has 1 fully saturated rings. The third kappa shape index (κ3) is 3.11. The fourth-order valence-corrected chi connectivity index (χ4v) is 7.21. The maximum absolute atomic E-state index is 13.5. The predicted molar refractivity (Wildman–Crippen MR) is 112 cm³/mol. The molecule has 29 heavy (non-hydrogen) atoms. The van der Waals surface area contributed by atoms with Gasteiger partial charge in [-0.25, -0.2) is 13.4 Å². The third-order valence-corrected chi connectivity index (χ3v) is 8.64. The van der Waals surface area contributed by atoms with E-state index in [1.54, 1.807) is 34.0 Å². The minimum atomic E-state index is -3.57. The van der Waals surface area contributed by atoms with Crippen LogP contribution in [-0.2, 0) is 28.7 Å². The van der Waals surface area contributed by atoms with Crippen molar-refractivity contribution in [2.75, 3.05) is 13.1 Å². The first-order chi connectivity index (χ1) is 14.0. The van der Waals surface area contributed by atoms with Crippen LogP contribution in [0, 0.1) is 6.92 Å². The van der Waals surface area contributed by atoms with Gasteiger partial charge in [0, 0.05) is 31.2 Å². The normalized spacial score (nSPS) is 23.6. The van der Waals surface area contributed by atoms with E-state index < -0.39 is 15.6 Å². The lowest BCUT2D eigenvalue weighted by Gasteiger charge is -2.33. The Balaban J connectivity index is 1.53. The molecule has 150 valence electrons. The second-order valence-corrected chi connectivity index (χ2v) is 10.6. The average molecular weight is 427 g/mol. The van der Waals surface area contributed by atoms with E-state index in [9.17, 15) is 8.42 Å². The molecule has 0 aliphatic carbocycles. The number of hydrogen-bond donors (Lipinski definition) is 0. The van der Waals surface area contributed by atoms with Gasteiger partial charge in [-0.3, -0.25) is 9.88 Å². The summed E-state index contributed by atoms with van der Waals surface area (Å²) in [6.07, 6.45) is 2.56. The Morgan fingerprint density at radius 2 is 1.93 bits per heavy atom. The molecule has 4 heterocycles. The number of rotatable bonds is 4. The molecule has 0 bridgehead atoms. The van der Waals surface area contributed by atoms with E-state index in [2.05, 4.69) is 14.9 Å². The van der Waals surface area contributed by atoms with Crippen molar-refractivity contribution in [3.63, 3.8) is 0 Å². The SMILES string of the molecule is Cc1nc(CN2C3(CCN(Cc4ccccn4)C3)c3ccccc3S2(=O)=O)cs1. The zero-order valence-electron chi connectivity index (χ0n) is 16.2. The Labute approximate surface area is 174 Å². The molecule has 6 nitrogen and oxygen atoms in total. The molecule has 2 aliphatic heterocycles. The second-order valence-electron chi connectivity index (χ2n) is 7.68. The number of likely N-dealkylation sites (tertiary alicyclic amines) is 1. The first-order valence-corrected chi connectivity index (χ1v) is 12.0. The molecule has 2 aromatic heterocycles. The van der Waals surface area contributed by atoms with Crippen molar-refractivity contribution in [3.8, 4) is 0 Å². The van der Waals surface area contributed by atoms with Gasteiger partial charge in [-0.1, -0.05) is 24.3 Å². The van der Waals surface area contributed by atoms with Gasteiger partial charge < -0.3 is 0 Å². The number of pyridine rings is 1. The Morgan fingerprint density at radius 1 is 1.10 bits per heavy atom. The molecule has 0 radical (unpaired) electrons. The van der Waals surface area contributed by atoms with E-state index >= 15 is 0 Å². The molecular weight excluding hydrogens is 404 g/mol. The standard InChI is InChI=1S/C21H22N4O2S2/c1-16-23-18(14-28-16)13-25-21(19-7-2-3-8-20(19)29(25,26)27)9-11-24(15-21)12-17-6-4-5-10-22-17/h2-8,10,14H,9,11-13,15H2,1H3. The van der Waals surface area contributed by atoms with Crippen LogP contribution in [0.2, 0.25) is 0 Å². The fourth-order valence-electron chi connectivity index (χ4n) is 4.57. The summed E-state index contributed by atoms with van der Waals surface area (Å²) in [5.74, 6) is 0. The Kier molecular flexibility index (Phi) is 4.54. The monoisotopic (exact) mass is 426 g/mol. The van der Waals surface area contributed by atoms with Crippen LogP contribution in [0.25, 0.3) is 0 Å². The summed E-state index contributed by atoms with van der Waals surface area (Å²) in [5.41, 5.74) is 2.17. The van der Waals surface area contributed by atoms with Crippen LogP contribution >= 0.6 is 11.3 Å². The maximum atomic E-state index is 13.5. The highest BCUT2D eigenvalue weighted by Gasteiger charge is 2.56. The molecular formula is C21H22N4O2S2. The van der Waals surface area contributed by atoms with Gasteiger partial charge in [0.1, 0.15) is 0 Å². The van der Waals surface area contributed by atoms with Crippen LogP contribution in [0.3, 0.4) is 0 Å². The maximum Gasteiger partial charge on any atom is 0.244 e. The van der Waals surface area contributed by atoms with Gasteiger partial charge in [-0.05, 0) is 37.1 Å². The number of benzene rings is 1. The van der Waals surface area contributed by atoms with Crippen molar-refractivity contribution in [2.24, 2.45) is 0 Å². The lowest BCUT2D eigenvalue weighted by atomic mass is 9.89. The molecule has 0 amide bonds. The molecule has 5 rings (SSSR count). The Bertz CT molecular complexity index is 1150. The van der Waals surface area contributed by atoms with Gasteiger partial charge in [0.25, 0.3) is 0 Å². The number of thiazole rings is 1. The van der Waals surface area contributed by atoms with Crippen LogP contribution in [0.4, 0.5) is 0 Å². The number of hydrogen-bond acceptors (Lipinski definition) is 6. The van der Waals surface area contributed by atoms with Gasteiger partial charge in [0.15, 0.2) is 0 Å². The van der Waals surface area contributed by atoms with Gasteiger partial charge in [-0.2, -0.15) is 4.31 Å².